The third-order valence-corrected chi connectivity index (χ3v) is 11.2. The van der Waals surface area contributed by atoms with Crippen LogP contribution < -0.4 is 4.90 Å². The molecule has 0 amide bonds. The van der Waals surface area contributed by atoms with Crippen molar-refractivity contribution in [3.8, 4) is 39.1 Å². The van der Waals surface area contributed by atoms with Crippen LogP contribution in [-0.4, -0.2) is 4.57 Å². The van der Waals surface area contributed by atoms with E-state index in [1.165, 1.54) is 27.6 Å². The van der Waals surface area contributed by atoms with Crippen LogP contribution in [-0.2, 0) is 0 Å². The Morgan fingerprint density at radius 3 is 1.39 bits per heavy atom. The zero-order valence-electron chi connectivity index (χ0n) is 31.1. The van der Waals surface area contributed by atoms with E-state index in [-0.39, 0.29) is 0 Å². The summed E-state index contributed by atoms with van der Waals surface area (Å²) in [5.74, 6) is 0. The number of furan rings is 1. The Morgan fingerprint density at radius 1 is 0.316 bits per heavy atom. The minimum atomic E-state index is 0.897. The first kappa shape index (κ1) is 32.8. The number of anilines is 3. The van der Waals surface area contributed by atoms with Gasteiger partial charge < -0.3 is 13.9 Å². The normalized spacial score (nSPS) is 11.5. The van der Waals surface area contributed by atoms with Crippen molar-refractivity contribution >= 4 is 60.8 Å². The molecule has 0 fully saturated rings. The number of hydrogen-bond acceptors (Lipinski definition) is 2. The molecule has 11 rings (SSSR count). The fourth-order valence-electron chi connectivity index (χ4n) is 8.49. The van der Waals surface area contributed by atoms with Crippen molar-refractivity contribution in [1.29, 1.82) is 0 Å². The van der Waals surface area contributed by atoms with Crippen molar-refractivity contribution in [2.45, 2.75) is 0 Å². The SMILES string of the molecule is c1ccc(-c2ccc(N(c3ccc(-c4ccccc4)cc3)c3ccc(-c4cccc5c4oc4c5ccc5c4c4ccccc4n5-c4ccccc4)cc3)cc2)cc1. The lowest BCUT2D eigenvalue weighted by molar-refractivity contribution is 0.674. The Bertz CT molecular complexity index is 3100. The second-order valence-electron chi connectivity index (χ2n) is 14.5. The Balaban J connectivity index is 1.02. The van der Waals surface area contributed by atoms with E-state index in [4.69, 9.17) is 4.42 Å². The number of rotatable bonds is 7. The molecule has 11 aromatic rings. The monoisotopic (exact) mass is 728 g/mol. The molecular formula is C54H36N2O. The minimum Gasteiger partial charge on any atom is -0.455 e. The smallest absolute Gasteiger partial charge is 0.145 e. The largest absolute Gasteiger partial charge is 0.455 e. The molecule has 0 aliphatic rings. The maximum atomic E-state index is 7.00. The van der Waals surface area contributed by atoms with E-state index in [9.17, 15) is 0 Å². The number of aromatic nitrogens is 1. The molecule has 0 radical (unpaired) electrons. The van der Waals surface area contributed by atoms with Gasteiger partial charge in [0.1, 0.15) is 11.2 Å². The van der Waals surface area contributed by atoms with E-state index in [1.54, 1.807) is 0 Å². The van der Waals surface area contributed by atoms with Crippen LogP contribution in [0, 0.1) is 0 Å². The third-order valence-electron chi connectivity index (χ3n) is 11.2. The predicted octanol–water partition coefficient (Wildman–Crippen LogP) is 15.2. The fourth-order valence-corrected chi connectivity index (χ4v) is 8.49. The molecule has 268 valence electrons. The van der Waals surface area contributed by atoms with Crippen molar-refractivity contribution in [3.63, 3.8) is 0 Å². The summed E-state index contributed by atoms with van der Waals surface area (Å²) in [4.78, 5) is 2.33. The molecule has 0 aliphatic heterocycles. The van der Waals surface area contributed by atoms with Gasteiger partial charge in [0, 0.05) is 44.5 Å². The quantitative estimate of drug-likeness (QED) is 0.163. The topological polar surface area (TPSA) is 21.3 Å². The van der Waals surface area contributed by atoms with E-state index < -0.39 is 0 Å². The molecule has 57 heavy (non-hydrogen) atoms. The summed E-state index contributed by atoms with van der Waals surface area (Å²) in [5, 5.41) is 4.55. The average Bonchev–Trinajstić information content (AvgIpc) is 3.84. The maximum Gasteiger partial charge on any atom is 0.145 e. The molecule has 0 spiro atoms. The highest BCUT2D eigenvalue weighted by atomic mass is 16.3. The average molecular weight is 729 g/mol. The van der Waals surface area contributed by atoms with E-state index in [2.05, 4.69) is 228 Å². The number of benzene rings is 9. The van der Waals surface area contributed by atoms with Gasteiger partial charge in [-0.15, -0.1) is 0 Å². The minimum absolute atomic E-state index is 0.897. The van der Waals surface area contributed by atoms with Crippen LogP contribution in [0.1, 0.15) is 0 Å². The summed E-state index contributed by atoms with van der Waals surface area (Å²) in [7, 11) is 0. The predicted molar refractivity (Wildman–Crippen MR) is 239 cm³/mol. The molecule has 0 saturated heterocycles. The van der Waals surface area contributed by atoms with E-state index in [1.807, 2.05) is 0 Å². The van der Waals surface area contributed by atoms with Crippen LogP contribution in [0.5, 0.6) is 0 Å². The van der Waals surface area contributed by atoms with Gasteiger partial charge in [-0.3, -0.25) is 0 Å². The highest BCUT2D eigenvalue weighted by Gasteiger charge is 2.20. The molecule has 0 unspecified atom stereocenters. The maximum absolute atomic E-state index is 7.00. The summed E-state index contributed by atoms with van der Waals surface area (Å²) in [6.45, 7) is 0. The van der Waals surface area contributed by atoms with Gasteiger partial charge >= 0.3 is 0 Å². The highest BCUT2D eigenvalue weighted by molar-refractivity contribution is 6.24. The zero-order chi connectivity index (χ0) is 37.7. The molecule has 0 saturated carbocycles. The summed E-state index contributed by atoms with van der Waals surface area (Å²) in [5.41, 5.74) is 15.5. The van der Waals surface area contributed by atoms with Gasteiger partial charge in [-0.25, -0.2) is 0 Å². The number of fused-ring (bicyclic) bond motifs is 7. The summed E-state index contributed by atoms with van der Waals surface area (Å²) < 4.78 is 9.34. The van der Waals surface area contributed by atoms with Gasteiger partial charge in [0.2, 0.25) is 0 Å². The Hall–Kier alpha value is -7.62. The Labute approximate surface area is 330 Å². The van der Waals surface area contributed by atoms with Crippen LogP contribution >= 0.6 is 0 Å². The van der Waals surface area contributed by atoms with Crippen molar-refractivity contribution in [1.82, 2.24) is 4.57 Å². The number of para-hydroxylation sites is 3. The van der Waals surface area contributed by atoms with Crippen molar-refractivity contribution in [2.24, 2.45) is 0 Å². The van der Waals surface area contributed by atoms with Crippen LogP contribution in [0.25, 0.3) is 82.8 Å². The van der Waals surface area contributed by atoms with Gasteiger partial charge in [-0.1, -0.05) is 152 Å². The molecule has 3 heteroatoms. The molecule has 0 atom stereocenters. The lowest BCUT2D eigenvalue weighted by atomic mass is 10.0. The standard InChI is InChI=1S/C54H36N2O/c1-4-13-37(14-5-1)39-23-29-43(30-24-39)55(44-31-25-40(26-32-44)38-15-6-2-7-16-38)45-33-27-41(28-34-45)46-20-12-21-47-48-35-36-51-52(54(48)57-53(46)47)49-19-10-11-22-50(49)56(51)42-17-8-3-9-18-42/h1-36H. The van der Waals surface area contributed by atoms with E-state index in [0.717, 1.165) is 72.2 Å². The molecule has 2 heterocycles. The lowest BCUT2D eigenvalue weighted by Gasteiger charge is -2.26. The Morgan fingerprint density at radius 2 is 0.789 bits per heavy atom. The first-order chi connectivity index (χ1) is 28.3. The molecule has 9 aromatic carbocycles. The summed E-state index contributed by atoms with van der Waals surface area (Å²) >= 11 is 0. The summed E-state index contributed by atoms with van der Waals surface area (Å²) in [6, 6.07) is 77.8. The fraction of sp³-hybridized carbons (Fsp3) is 0. The van der Waals surface area contributed by atoms with Crippen LogP contribution in [0.2, 0.25) is 0 Å². The van der Waals surface area contributed by atoms with Crippen molar-refractivity contribution < 1.29 is 4.42 Å². The van der Waals surface area contributed by atoms with Gasteiger partial charge in [0.05, 0.1) is 16.4 Å². The number of nitrogens with zero attached hydrogens (tertiary/aromatic N) is 2. The first-order valence-electron chi connectivity index (χ1n) is 19.4. The number of hydrogen-bond donors (Lipinski definition) is 0. The molecule has 3 nitrogen and oxygen atoms in total. The molecular weight excluding hydrogens is 693 g/mol. The molecule has 0 aliphatic carbocycles. The zero-order valence-corrected chi connectivity index (χ0v) is 31.1. The van der Waals surface area contributed by atoms with Crippen LogP contribution in [0.15, 0.2) is 223 Å². The van der Waals surface area contributed by atoms with Gasteiger partial charge in [-0.05, 0) is 94.5 Å². The van der Waals surface area contributed by atoms with Crippen molar-refractivity contribution in [2.75, 3.05) is 4.90 Å². The van der Waals surface area contributed by atoms with E-state index >= 15 is 0 Å². The van der Waals surface area contributed by atoms with E-state index in [0.29, 0.717) is 0 Å². The van der Waals surface area contributed by atoms with Gasteiger partial charge in [0.15, 0.2) is 0 Å². The molecule has 2 aromatic heterocycles. The second-order valence-corrected chi connectivity index (χ2v) is 14.5. The highest BCUT2D eigenvalue weighted by Crippen LogP contribution is 2.44. The van der Waals surface area contributed by atoms with Gasteiger partial charge in [0.25, 0.3) is 0 Å². The van der Waals surface area contributed by atoms with Crippen LogP contribution in [0.4, 0.5) is 17.1 Å². The van der Waals surface area contributed by atoms with Crippen LogP contribution in [0.3, 0.4) is 0 Å². The van der Waals surface area contributed by atoms with Crippen molar-refractivity contribution in [3.05, 3.63) is 218 Å². The molecule has 0 bridgehead atoms. The summed E-state index contributed by atoms with van der Waals surface area (Å²) in [6.07, 6.45) is 0. The van der Waals surface area contributed by atoms with Gasteiger partial charge in [-0.2, -0.15) is 0 Å². The lowest BCUT2D eigenvalue weighted by Crippen LogP contribution is -2.09. The Kier molecular flexibility index (Phi) is 7.82. The molecule has 0 N–H and O–H groups in total. The third kappa shape index (κ3) is 5.60. The first-order valence-corrected chi connectivity index (χ1v) is 19.4. The second kappa shape index (κ2) is 13.6.